The van der Waals surface area contributed by atoms with Gasteiger partial charge in [-0.1, -0.05) is 25.1 Å². The van der Waals surface area contributed by atoms with Gasteiger partial charge in [0.2, 0.25) is 0 Å². The van der Waals surface area contributed by atoms with Crippen LogP contribution in [0, 0.1) is 12.8 Å². The van der Waals surface area contributed by atoms with Crippen LogP contribution in [0.4, 0.5) is 5.82 Å². The van der Waals surface area contributed by atoms with Crippen molar-refractivity contribution in [1.82, 2.24) is 9.88 Å². The first kappa shape index (κ1) is 17.9. The highest BCUT2D eigenvalue weighted by Gasteiger charge is 2.30. The first-order valence-electron chi connectivity index (χ1n) is 8.76. The number of aromatic nitrogens is 1. The van der Waals surface area contributed by atoms with E-state index >= 15 is 0 Å². The van der Waals surface area contributed by atoms with E-state index in [2.05, 4.69) is 33.2 Å². The molecule has 1 N–H and O–H groups in total. The minimum Gasteiger partial charge on any atom is -0.368 e. The molecule has 0 aliphatic carbocycles. The van der Waals surface area contributed by atoms with Crippen LogP contribution in [0.5, 0.6) is 0 Å². The molecular weight excluding hydrogens is 378 g/mol. The number of anilines is 1. The molecular formula is C20H24BrN3O. The zero-order valence-corrected chi connectivity index (χ0v) is 16.3. The van der Waals surface area contributed by atoms with Crippen LogP contribution in [0.1, 0.15) is 35.7 Å². The van der Waals surface area contributed by atoms with E-state index in [9.17, 15) is 4.79 Å². The van der Waals surface area contributed by atoms with Crippen molar-refractivity contribution in [3.8, 4) is 0 Å². The Hall–Kier alpha value is -1.88. The second kappa shape index (κ2) is 8.00. The number of halogens is 1. The average molecular weight is 402 g/mol. The van der Waals surface area contributed by atoms with Crippen LogP contribution in [-0.2, 0) is 0 Å². The van der Waals surface area contributed by atoms with Gasteiger partial charge in [0, 0.05) is 35.4 Å². The lowest BCUT2D eigenvalue weighted by atomic mass is 9.92. The molecule has 3 rings (SSSR count). The molecule has 1 aromatic heterocycles. The van der Waals surface area contributed by atoms with Crippen molar-refractivity contribution in [2.24, 2.45) is 5.92 Å². The molecule has 0 spiro atoms. The monoisotopic (exact) mass is 401 g/mol. The molecule has 2 aromatic rings. The van der Waals surface area contributed by atoms with Gasteiger partial charge in [-0.2, -0.15) is 0 Å². The maximum absolute atomic E-state index is 13.1. The quantitative estimate of drug-likeness (QED) is 0.819. The summed E-state index contributed by atoms with van der Waals surface area (Å²) in [6.45, 7) is 5.75. The average Bonchev–Trinajstić information content (AvgIpc) is 2.62. The standard InChI is InChI=1S/C20H24BrN3O/c1-14-7-9-17(12-23-19-10-8-16(21)11-22-19)24(13-14)20(25)18-6-4-3-5-15(18)2/h3-6,8,10-11,14,17H,7,9,12-13H2,1-2H3,(H,22,23)/t14-,17-/m0/s1. The molecule has 0 unspecified atom stereocenters. The van der Waals surface area contributed by atoms with E-state index in [0.717, 1.165) is 47.3 Å². The van der Waals surface area contributed by atoms with E-state index in [1.165, 1.54) is 0 Å². The van der Waals surface area contributed by atoms with Crippen LogP contribution in [-0.4, -0.2) is 34.9 Å². The smallest absolute Gasteiger partial charge is 0.254 e. The van der Waals surface area contributed by atoms with Crippen molar-refractivity contribution in [2.45, 2.75) is 32.7 Å². The molecule has 2 heterocycles. The normalized spacial score (nSPS) is 20.4. The van der Waals surface area contributed by atoms with E-state index in [0.29, 0.717) is 5.92 Å². The maximum Gasteiger partial charge on any atom is 0.254 e. The second-order valence-electron chi connectivity index (χ2n) is 6.85. The molecule has 1 aromatic carbocycles. The third-order valence-corrected chi connectivity index (χ3v) is 5.29. The molecule has 0 radical (unpaired) electrons. The SMILES string of the molecule is Cc1ccccc1C(=O)N1C[C@@H](C)CC[C@H]1CNc1ccc(Br)cn1. The van der Waals surface area contributed by atoms with E-state index < -0.39 is 0 Å². The molecule has 1 saturated heterocycles. The largest absolute Gasteiger partial charge is 0.368 e. The van der Waals surface area contributed by atoms with Gasteiger partial charge < -0.3 is 10.2 Å². The van der Waals surface area contributed by atoms with Crippen LogP contribution < -0.4 is 5.32 Å². The minimum absolute atomic E-state index is 0.139. The van der Waals surface area contributed by atoms with Gasteiger partial charge in [0.25, 0.3) is 5.91 Å². The van der Waals surface area contributed by atoms with Gasteiger partial charge in [0.05, 0.1) is 0 Å². The highest BCUT2D eigenvalue weighted by Crippen LogP contribution is 2.25. The summed E-state index contributed by atoms with van der Waals surface area (Å²) < 4.78 is 0.959. The molecule has 1 aliphatic heterocycles. The molecule has 0 bridgehead atoms. The Balaban J connectivity index is 1.73. The number of likely N-dealkylation sites (tertiary alicyclic amines) is 1. The number of pyridine rings is 1. The van der Waals surface area contributed by atoms with Crippen molar-refractivity contribution in [1.29, 1.82) is 0 Å². The van der Waals surface area contributed by atoms with Crippen molar-refractivity contribution in [3.63, 3.8) is 0 Å². The first-order valence-corrected chi connectivity index (χ1v) is 9.56. The lowest BCUT2D eigenvalue weighted by Crippen LogP contribution is -2.49. The van der Waals surface area contributed by atoms with Gasteiger partial charge in [-0.3, -0.25) is 4.79 Å². The third kappa shape index (κ3) is 4.40. The summed E-state index contributed by atoms with van der Waals surface area (Å²) >= 11 is 3.40. The van der Waals surface area contributed by atoms with Gasteiger partial charge in [-0.25, -0.2) is 4.98 Å². The summed E-state index contributed by atoms with van der Waals surface area (Å²) in [6, 6.07) is 11.9. The Morgan fingerprint density at radius 1 is 1.28 bits per heavy atom. The maximum atomic E-state index is 13.1. The Morgan fingerprint density at radius 3 is 2.80 bits per heavy atom. The number of nitrogens with one attached hydrogen (secondary N) is 1. The highest BCUT2D eigenvalue weighted by molar-refractivity contribution is 9.10. The number of rotatable bonds is 4. The van der Waals surface area contributed by atoms with E-state index in [1.54, 1.807) is 6.20 Å². The molecule has 1 amide bonds. The van der Waals surface area contributed by atoms with Gasteiger partial charge in [0.1, 0.15) is 5.82 Å². The summed E-state index contributed by atoms with van der Waals surface area (Å²) in [7, 11) is 0. The summed E-state index contributed by atoms with van der Waals surface area (Å²) in [4.78, 5) is 19.5. The number of hydrogen-bond acceptors (Lipinski definition) is 3. The van der Waals surface area contributed by atoms with Gasteiger partial charge in [-0.15, -0.1) is 0 Å². The third-order valence-electron chi connectivity index (χ3n) is 4.82. The zero-order valence-electron chi connectivity index (χ0n) is 14.7. The second-order valence-corrected chi connectivity index (χ2v) is 7.77. The van der Waals surface area contributed by atoms with E-state index in [-0.39, 0.29) is 11.9 Å². The van der Waals surface area contributed by atoms with Gasteiger partial charge >= 0.3 is 0 Å². The van der Waals surface area contributed by atoms with Gasteiger partial charge in [0.15, 0.2) is 0 Å². The Kier molecular flexibility index (Phi) is 5.74. The van der Waals surface area contributed by atoms with Crippen LogP contribution >= 0.6 is 15.9 Å². The zero-order chi connectivity index (χ0) is 17.8. The number of amides is 1. The number of hydrogen-bond donors (Lipinski definition) is 1. The fourth-order valence-electron chi connectivity index (χ4n) is 3.34. The first-order chi connectivity index (χ1) is 12.0. The van der Waals surface area contributed by atoms with E-state index in [4.69, 9.17) is 0 Å². The summed E-state index contributed by atoms with van der Waals surface area (Å²) in [5.74, 6) is 1.51. The number of carbonyl (C=O) groups is 1. The summed E-state index contributed by atoms with van der Waals surface area (Å²) in [6.07, 6.45) is 3.95. The van der Waals surface area contributed by atoms with Crippen LogP contribution in [0.25, 0.3) is 0 Å². The Labute approximate surface area is 157 Å². The minimum atomic E-state index is 0.139. The molecule has 25 heavy (non-hydrogen) atoms. The molecule has 132 valence electrons. The van der Waals surface area contributed by atoms with Crippen LogP contribution in [0.2, 0.25) is 0 Å². The van der Waals surface area contributed by atoms with Crippen molar-refractivity contribution in [3.05, 3.63) is 58.2 Å². The number of benzene rings is 1. The van der Waals surface area contributed by atoms with Crippen molar-refractivity contribution >= 4 is 27.7 Å². The fraction of sp³-hybridized carbons (Fsp3) is 0.400. The summed E-state index contributed by atoms with van der Waals surface area (Å²) in [5.41, 5.74) is 1.84. The highest BCUT2D eigenvalue weighted by atomic mass is 79.9. The number of aryl methyl sites for hydroxylation is 1. The molecule has 4 nitrogen and oxygen atoms in total. The Morgan fingerprint density at radius 2 is 2.08 bits per heavy atom. The van der Waals surface area contributed by atoms with Crippen LogP contribution in [0.3, 0.4) is 0 Å². The number of carbonyl (C=O) groups excluding carboxylic acids is 1. The number of piperidine rings is 1. The number of nitrogens with zero attached hydrogens (tertiary/aromatic N) is 2. The Bertz CT molecular complexity index is 732. The van der Waals surface area contributed by atoms with Crippen LogP contribution in [0.15, 0.2) is 47.1 Å². The molecule has 1 fully saturated rings. The molecule has 1 aliphatic rings. The topological polar surface area (TPSA) is 45.2 Å². The van der Waals surface area contributed by atoms with Crippen molar-refractivity contribution in [2.75, 3.05) is 18.4 Å². The van der Waals surface area contributed by atoms with Crippen molar-refractivity contribution < 1.29 is 4.79 Å². The molecule has 5 heteroatoms. The molecule has 2 atom stereocenters. The van der Waals surface area contributed by atoms with Gasteiger partial charge in [-0.05, 0) is 65.4 Å². The molecule has 0 saturated carbocycles. The predicted octanol–water partition coefficient (Wildman–Crippen LogP) is 4.51. The fourth-order valence-corrected chi connectivity index (χ4v) is 3.57. The summed E-state index contributed by atoms with van der Waals surface area (Å²) in [5, 5.41) is 3.38. The van der Waals surface area contributed by atoms with E-state index in [1.807, 2.05) is 48.2 Å². The predicted molar refractivity (Wildman–Crippen MR) is 105 cm³/mol. The lowest BCUT2D eigenvalue weighted by Gasteiger charge is -2.39. The lowest BCUT2D eigenvalue weighted by molar-refractivity contribution is 0.0564.